The van der Waals surface area contributed by atoms with Crippen molar-refractivity contribution < 1.29 is 17.9 Å². The van der Waals surface area contributed by atoms with Crippen LogP contribution in [0.3, 0.4) is 0 Å². The number of ether oxygens (including phenoxy) is 1. The first-order valence-corrected chi connectivity index (χ1v) is 8.88. The minimum atomic E-state index is -3.52. The standard InChI is InChI=1S/C15H20N2O4S.ClH/c1-21-14(18)15(7-8-15)11-2-4-13(5-3-11)22(19,20)17-12-6-9-16-10-12;/h2-5,12,16-17H,6-10H2,1H3;1H. The fourth-order valence-electron chi connectivity index (χ4n) is 2.93. The lowest BCUT2D eigenvalue weighted by atomic mass is 9.96. The number of sulfonamides is 1. The Kier molecular flexibility index (Phi) is 5.35. The summed E-state index contributed by atoms with van der Waals surface area (Å²) in [5, 5.41) is 3.12. The third-order valence-corrected chi connectivity index (χ3v) is 5.96. The molecule has 0 bridgehead atoms. The van der Waals surface area contributed by atoms with E-state index >= 15 is 0 Å². The average molecular weight is 361 g/mol. The van der Waals surface area contributed by atoms with E-state index in [9.17, 15) is 13.2 Å². The molecule has 128 valence electrons. The minimum absolute atomic E-state index is 0. The van der Waals surface area contributed by atoms with Gasteiger partial charge in [0, 0.05) is 12.6 Å². The van der Waals surface area contributed by atoms with Crippen LogP contribution in [0.15, 0.2) is 29.2 Å². The second kappa shape index (κ2) is 6.76. The van der Waals surface area contributed by atoms with Crippen LogP contribution in [0.5, 0.6) is 0 Å². The lowest BCUT2D eigenvalue weighted by Crippen LogP contribution is -2.36. The van der Waals surface area contributed by atoms with Gasteiger partial charge in [-0.05, 0) is 43.5 Å². The van der Waals surface area contributed by atoms with E-state index in [1.807, 2.05) is 0 Å². The molecule has 6 nitrogen and oxygen atoms in total. The molecule has 2 aliphatic rings. The monoisotopic (exact) mass is 360 g/mol. The maximum Gasteiger partial charge on any atom is 0.316 e. The number of halogens is 1. The maximum atomic E-state index is 12.3. The highest BCUT2D eigenvalue weighted by Crippen LogP contribution is 2.49. The number of hydrogen-bond donors (Lipinski definition) is 2. The summed E-state index contributed by atoms with van der Waals surface area (Å²) in [6, 6.07) is 6.48. The van der Waals surface area contributed by atoms with E-state index < -0.39 is 15.4 Å². The topological polar surface area (TPSA) is 84.5 Å². The van der Waals surface area contributed by atoms with Crippen LogP contribution in [0.1, 0.15) is 24.8 Å². The Labute approximate surface area is 142 Å². The van der Waals surface area contributed by atoms with Crippen molar-refractivity contribution in [2.45, 2.75) is 35.6 Å². The Morgan fingerprint density at radius 2 is 1.96 bits per heavy atom. The summed E-state index contributed by atoms with van der Waals surface area (Å²) in [7, 11) is -2.14. The van der Waals surface area contributed by atoms with Gasteiger partial charge in [-0.3, -0.25) is 4.79 Å². The van der Waals surface area contributed by atoms with Gasteiger partial charge in [-0.15, -0.1) is 12.4 Å². The first-order valence-electron chi connectivity index (χ1n) is 7.40. The van der Waals surface area contributed by atoms with E-state index in [0.717, 1.165) is 31.4 Å². The van der Waals surface area contributed by atoms with Gasteiger partial charge in [0.2, 0.25) is 10.0 Å². The fraction of sp³-hybridized carbons (Fsp3) is 0.533. The average Bonchev–Trinajstić information content (AvgIpc) is 3.18. The van der Waals surface area contributed by atoms with Gasteiger partial charge >= 0.3 is 5.97 Å². The number of nitrogens with one attached hydrogen (secondary N) is 2. The molecular formula is C15H21ClN2O4S. The van der Waals surface area contributed by atoms with Crippen molar-refractivity contribution in [2.75, 3.05) is 20.2 Å². The summed E-state index contributed by atoms with van der Waals surface area (Å²) < 4.78 is 32.2. The molecule has 1 unspecified atom stereocenters. The molecule has 1 aromatic rings. The number of hydrogen-bond acceptors (Lipinski definition) is 5. The number of carbonyl (C=O) groups excluding carboxylic acids is 1. The zero-order valence-corrected chi connectivity index (χ0v) is 14.5. The number of carbonyl (C=O) groups is 1. The van der Waals surface area contributed by atoms with Gasteiger partial charge < -0.3 is 10.1 Å². The smallest absolute Gasteiger partial charge is 0.316 e. The van der Waals surface area contributed by atoms with Crippen molar-refractivity contribution in [1.82, 2.24) is 10.0 Å². The molecule has 3 rings (SSSR count). The van der Waals surface area contributed by atoms with E-state index in [1.54, 1.807) is 24.3 Å². The number of esters is 1. The van der Waals surface area contributed by atoms with Crippen molar-refractivity contribution in [3.05, 3.63) is 29.8 Å². The van der Waals surface area contributed by atoms with Crippen LogP contribution in [0.2, 0.25) is 0 Å². The molecule has 1 aliphatic heterocycles. The second-order valence-corrected chi connectivity index (χ2v) is 7.62. The van der Waals surface area contributed by atoms with Crippen molar-refractivity contribution in [2.24, 2.45) is 0 Å². The summed E-state index contributed by atoms with van der Waals surface area (Å²) >= 11 is 0. The van der Waals surface area contributed by atoms with Crippen molar-refractivity contribution in [3.63, 3.8) is 0 Å². The van der Waals surface area contributed by atoms with E-state index in [4.69, 9.17) is 4.74 Å². The van der Waals surface area contributed by atoms with Crippen molar-refractivity contribution >= 4 is 28.4 Å². The lowest BCUT2D eigenvalue weighted by Gasteiger charge is -2.15. The molecule has 0 radical (unpaired) electrons. The SMILES string of the molecule is COC(=O)C1(c2ccc(S(=O)(=O)NC3CCNC3)cc2)CC1.Cl. The van der Waals surface area contributed by atoms with Crippen molar-refractivity contribution in [3.8, 4) is 0 Å². The van der Waals surface area contributed by atoms with E-state index in [-0.39, 0.29) is 29.3 Å². The molecule has 1 saturated carbocycles. The molecule has 2 fully saturated rings. The first-order chi connectivity index (χ1) is 10.5. The zero-order valence-electron chi connectivity index (χ0n) is 12.9. The fourth-order valence-corrected chi connectivity index (χ4v) is 4.20. The highest BCUT2D eigenvalue weighted by atomic mass is 35.5. The minimum Gasteiger partial charge on any atom is -0.468 e. The molecular weight excluding hydrogens is 340 g/mol. The van der Waals surface area contributed by atoms with Crippen LogP contribution in [0.25, 0.3) is 0 Å². The van der Waals surface area contributed by atoms with Crippen LogP contribution in [0, 0.1) is 0 Å². The molecule has 0 aromatic heterocycles. The van der Waals surface area contributed by atoms with Gasteiger partial charge in [0.25, 0.3) is 0 Å². The second-order valence-electron chi connectivity index (χ2n) is 5.91. The Hall–Kier alpha value is -1.15. The molecule has 0 amide bonds. The zero-order chi connectivity index (χ0) is 15.8. The molecule has 0 spiro atoms. The predicted molar refractivity (Wildman–Crippen MR) is 88.2 cm³/mol. The summed E-state index contributed by atoms with van der Waals surface area (Å²) in [6.45, 7) is 1.48. The van der Waals surface area contributed by atoms with Crippen molar-refractivity contribution in [1.29, 1.82) is 0 Å². The van der Waals surface area contributed by atoms with Gasteiger partial charge in [-0.25, -0.2) is 13.1 Å². The number of rotatable bonds is 5. The highest BCUT2D eigenvalue weighted by molar-refractivity contribution is 7.89. The Morgan fingerprint density at radius 1 is 1.30 bits per heavy atom. The Bertz CT molecular complexity index is 665. The third-order valence-electron chi connectivity index (χ3n) is 4.43. The Morgan fingerprint density at radius 3 is 2.43 bits per heavy atom. The molecule has 1 saturated heterocycles. The predicted octanol–water partition coefficient (Wildman–Crippen LogP) is 0.953. The van der Waals surface area contributed by atoms with Gasteiger partial charge in [0.1, 0.15) is 0 Å². The first kappa shape index (κ1) is 18.2. The van der Waals surface area contributed by atoms with Crippen LogP contribution >= 0.6 is 12.4 Å². The van der Waals surface area contributed by atoms with Crippen LogP contribution in [-0.4, -0.2) is 40.6 Å². The normalized spacial score (nSPS) is 22.2. The molecule has 23 heavy (non-hydrogen) atoms. The molecule has 1 atom stereocenters. The molecule has 1 aromatic carbocycles. The molecule has 1 aliphatic carbocycles. The number of methoxy groups -OCH3 is 1. The summed E-state index contributed by atoms with van der Waals surface area (Å²) in [4.78, 5) is 12.1. The van der Waals surface area contributed by atoms with Gasteiger partial charge in [-0.2, -0.15) is 0 Å². The van der Waals surface area contributed by atoms with Crippen LogP contribution < -0.4 is 10.0 Å². The van der Waals surface area contributed by atoms with E-state index in [0.29, 0.717) is 6.54 Å². The summed E-state index contributed by atoms with van der Waals surface area (Å²) in [5.74, 6) is -0.252. The van der Waals surface area contributed by atoms with E-state index in [1.165, 1.54) is 7.11 Å². The summed E-state index contributed by atoms with van der Waals surface area (Å²) in [6.07, 6.45) is 2.29. The van der Waals surface area contributed by atoms with Crippen LogP contribution in [-0.2, 0) is 25.0 Å². The Balaban J connectivity index is 0.00000192. The molecule has 8 heteroatoms. The molecule has 1 heterocycles. The van der Waals surface area contributed by atoms with Gasteiger partial charge in [-0.1, -0.05) is 12.1 Å². The molecule has 2 N–H and O–H groups in total. The quantitative estimate of drug-likeness (QED) is 0.764. The largest absolute Gasteiger partial charge is 0.468 e. The maximum absolute atomic E-state index is 12.3. The van der Waals surface area contributed by atoms with Gasteiger partial charge in [0.15, 0.2) is 0 Å². The highest BCUT2D eigenvalue weighted by Gasteiger charge is 2.52. The van der Waals surface area contributed by atoms with Gasteiger partial charge in [0.05, 0.1) is 17.4 Å². The number of benzene rings is 1. The van der Waals surface area contributed by atoms with Crippen LogP contribution in [0.4, 0.5) is 0 Å². The third kappa shape index (κ3) is 3.52. The summed E-state index contributed by atoms with van der Waals surface area (Å²) in [5.41, 5.74) is 0.251. The van der Waals surface area contributed by atoms with E-state index in [2.05, 4.69) is 10.0 Å². The lowest BCUT2D eigenvalue weighted by molar-refractivity contribution is -0.143.